The fourth-order valence-corrected chi connectivity index (χ4v) is 4.53. The first-order chi connectivity index (χ1) is 9.23. The van der Waals surface area contributed by atoms with E-state index < -0.39 is 16.1 Å². The van der Waals surface area contributed by atoms with Gasteiger partial charge < -0.3 is 10.8 Å². The van der Waals surface area contributed by atoms with Crippen molar-refractivity contribution in [3.63, 3.8) is 0 Å². The number of anilines is 1. The molecule has 0 saturated carbocycles. The van der Waals surface area contributed by atoms with Gasteiger partial charge in [-0.15, -0.1) is 0 Å². The molecule has 1 aromatic rings. The van der Waals surface area contributed by atoms with Gasteiger partial charge in [0.2, 0.25) is 10.0 Å². The minimum Gasteiger partial charge on any atom is -0.398 e. The summed E-state index contributed by atoms with van der Waals surface area (Å²) >= 11 is 5.91. The van der Waals surface area contributed by atoms with E-state index in [-0.39, 0.29) is 10.8 Å². The van der Waals surface area contributed by atoms with Crippen LogP contribution in [0.15, 0.2) is 17.0 Å². The van der Waals surface area contributed by atoms with E-state index in [2.05, 4.69) is 0 Å². The molecular weight excluding hydrogens is 300 g/mol. The maximum Gasteiger partial charge on any atom is 0.243 e. The van der Waals surface area contributed by atoms with E-state index in [1.54, 1.807) is 19.9 Å². The van der Waals surface area contributed by atoms with E-state index in [0.717, 1.165) is 0 Å². The van der Waals surface area contributed by atoms with E-state index in [9.17, 15) is 13.5 Å². The van der Waals surface area contributed by atoms with E-state index in [0.29, 0.717) is 35.8 Å². The molecule has 1 aromatic carbocycles. The molecule has 0 amide bonds. The third-order valence-corrected chi connectivity index (χ3v) is 6.06. The van der Waals surface area contributed by atoms with Crippen molar-refractivity contribution in [2.24, 2.45) is 5.92 Å². The number of aliphatic hydroxyl groups is 1. The van der Waals surface area contributed by atoms with Gasteiger partial charge in [-0.1, -0.05) is 11.6 Å². The minimum absolute atomic E-state index is 0.0263. The number of nitrogens with zero attached hydrogens (tertiary/aromatic N) is 1. The summed E-state index contributed by atoms with van der Waals surface area (Å²) in [5.74, 6) is -0.0263. The van der Waals surface area contributed by atoms with E-state index in [1.807, 2.05) is 0 Å². The maximum atomic E-state index is 12.7. The lowest BCUT2D eigenvalue weighted by Crippen LogP contribution is -2.31. The molecule has 2 rings (SSSR count). The molecule has 0 radical (unpaired) electrons. The fraction of sp³-hybridized carbons (Fsp3) is 0.538. The molecule has 1 fully saturated rings. The predicted octanol–water partition coefficient (Wildman–Crippen LogP) is 1.62. The van der Waals surface area contributed by atoms with Crippen LogP contribution in [0.4, 0.5) is 5.69 Å². The fourth-order valence-electron chi connectivity index (χ4n) is 2.45. The molecule has 3 N–H and O–H groups in total. The van der Waals surface area contributed by atoms with Crippen LogP contribution >= 0.6 is 11.6 Å². The van der Waals surface area contributed by atoms with Gasteiger partial charge in [-0.05, 0) is 43.9 Å². The van der Waals surface area contributed by atoms with Crippen LogP contribution in [-0.4, -0.2) is 37.0 Å². The Balaban J connectivity index is 2.37. The number of benzene rings is 1. The highest BCUT2D eigenvalue weighted by Crippen LogP contribution is 2.31. The Labute approximate surface area is 124 Å². The topological polar surface area (TPSA) is 83.6 Å². The van der Waals surface area contributed by atoms with E-state index in [1.165, 1.54) is 10.4 Å². The average molecular weight is 319 g/mol. The standard InChI is InChI=1S/C13H19ClN2O3S/c1-8-12(15)5-11(14)6-13(8)20(18,19)16-4-3-10(7-16)9(2)17/h5-6,9-10,17H,3-4,7,15H2,1-2H3. The minimum atomic E-state index is -3.62. The van der Waals surface area contributed by atoms with Crippen molar-refractivity contribution in [1.29, 1.82) is 0 Å². The molecule has 7 heteroatoms. The number of aliphatic hydroxyl groups excluding tert-OH is 1. The van der Waals surface area contributed by atoms with E-state index >= 15 is 0 Å². The van der Waals surface area contributed by atoms with Crippen LogP contribution in [0.5, 0.6) is 0 Å². The third kappa shape index (κ3) is 2.79. The summed E-state index contributed by atoms with van der Waals surface area (Å²) in [4.78, 5) is 0.147. The lowest BCUT2D eigenvalue weighted by atomic mass is 10.0. The summed E-state index contributed by atoms with van der Waals surface area (Å²) in [6, 6.07) is 2.97. The third-order valence-electron chi connectivity index (χ3n) is 3.85. The molecule has 1 aliphatic heterocycles. The Morgan fingerprint density at radius 1 is 1.50 bits per heavy atom. The molecule has 1 saturated heterocycles. The summed E-state index contributed by atoms with van der Waals surface area (Å²) in [5.41, 5.74) is 6.66. The van der Waals surface area contributed by atoms with Crippen molar-refractivity contribution >= 4 is 27.3 Å². The summed E-state index contributed by atoms with van der Waals surface area (Å²) in [5, 5.41) is 9.89. The Kier molecular flexibility index (Phi) is 4.30. The van der Waals surface area contributed by atoms with Crippen LogP contribution in [0.3, 0.4) is 0 Å². The van der Waals surface area contributed by atoms with Gasteiger partial charge >= 0.3 is 0 Å². The van der Waals surface area contributed by atoms with Gasteiger partial charge in [0.25, 0.3) is 0 Å². The highest BCUT2D eigenvalue weighted by molar-refractivity contribution is 7.89. The van der Waals surface area contributed by atoms with Crippen LogP contribution in [0.25, 0.3) is 0 Å². The first-order valence-electron chi connectivity index (χ1n) is 6.47. The largest absolute Gasteiger partial charge is 0.398 e. The van der Waals surface area contributed by atoms with Crippen LogP contribution in [0, 0.1) is 12.8 Å². The molecule has 0 bridgehead atoms. The van der Waals surface area contributed by atoms with E-state index in [4.69, 9.17) is 17.3 Å². The maximum absolute atomic E-state index is 12.7. The number of hydrogen-bond donors (Lipinski definition) is 2. The number of nitrogen functional groups attached to an aromatic ring is 1. The van der Waals surface area contributed by atoms with Crippen LogP contribution in [0.2, 0.25) is 5.02 Å². The van der Waals surface area contributed by atoms with Crippen molar-refractivity contribution in [1.82, 2.24) is 4.31 Å². The van der Waals surface area contributed by atoms with Crippen molar-refractivity contribution in [3.8, 4) is 0 Å². The zero-order valence-corrected chi connectivity index (χ0v) is 13.1. The van der Waals surface area contributed by atoms with Crippen molar-refractivity contribution in [2.45, 2.75) is 31.3 Å². The second-order valence-electron chi connectivity index (χ2n) is 5.27. The van der Waals surface area contributed by atoms with Gasteiger partial charge in [-0.3, -0.25) is 0 Å². The van der Waals surface area contributed by atoms with Gasteiger partial charge in [0, 0.05) is 23.8 Å². The molecule has 0 aromatic heterocycles. The monoisotopic (exact) mass is 318 g/mol. The zero-order valence-electron chi connectivity index (χ0n) is 11.5. The highest BCUT2D eigenvalue weighted by atomic mass is 35.5. The molecule has 5 nitrogen and oxygen atoms in total. The van der Waals surface area contributed by atoms with Crippen molar-refractivity contribution < 1.29 is 13.5 Å². The molecule has 1 heterocycles. The van der Waals surface area contributed by atoms with Crippen molar-refractivity contribution in [2.75, 3.05) is 18.8 Å². The van der Waals surface area contributed by atoms with Crippen LogP contribution < -0.4 is 5.73 Å². The SMILES string of the molecule is Cc1c(N)cc(Cl)cc1S(=O)(=O)N1CCC(C(C)O)C1. The molecule has 1 aliphatic rings. The number of sulfonamides is 1. The summed E-state index contributed by atoms with van der Waals surface area (Å²) in [7, 11) is -3.62. The molecular formula is C13H19ClN2O3S. The van der Waals surface area contributed by atoms with Gasteiger partial charge in [-0.2, -0.15) is 4.31 Å². The lowest BCUT2D eigenvalue weighted by molar-refractivity contribution is 0.133. The average Bonchev–Trinajstić information content (AvgIpc) is 2.83. The Morgan fingerprint density at radius 2 is 2.15 bits per heavy atom. The van der Waals surface area contributed by atoms with Gasteiger partial charge in [0.1, 0.15) is 0 Å². The predicted molar refractivity (Wildman–Crippen MR) is 79.1 cm³/mol. The summed E-state index contributed by atoms with van der Waals surface area (Å²) < 4.78 is 26.7. The summed E-state index contributed by atoms with van der Waals surface area (Å²) in [6.07, 6.45) is 0.146. The number of nitrogens with two attached hydrogens (primary N) is 1. The second-order valence-corrected chi connectivity index (χ2v) is 7.61. The molecule has 112 valence electrons. The highest BCUT2D eigenvalue weighted by Gasteiger charge is 2.35. The molecule has 20 heavy (non-hydrogen) atoms. The van der Waals surface area contributed by atoms with Gasteiger partial charge in [0.05, 0.1) is 11.0 Å². The number of halogens is 1. The molecule has 0 aliphatic carbocycles. The Bertz CT molecular complexity index is 616. The van der Waals surface area contributed by atoms with Gasteiger partial charge in [0.15, 0.2) is 0 Å². The molecule has 2 atom stereocenters. The normalized spacial score (nSPS) is 22.1. The smallest absolute Gasteiger partial charge is 0.243 e. The number of hydrogen-bond acceptors (Lipinski definition) is 4. The molecule has 2 unspecified atom stereocenters. The quantitative estimate of drug-likeness (QED) is 0.830. The van der Waals surface area contributed by atoms with Gasteiger partial charge in [-0.25, -0.2) is 8.42 Å². The first kappa shape index (κ1) is 15.6. The van der Waals surface area contributed by atoms with Crippen molar-refractivity contribution in [3.05, 3.63) is 22.7 Å². The summed E-state index contributed by atoms with van der Waals surface area (Å²) in [6.45, 7) is 4.08. The number of rotatable bonds is 3. The van der Waals surface area contributed by atoms with Crippen LogP contribution in [0.1, 0.15) is 18.9 Å². The van der Waals surface area contributed by atoms with Crippen LogP contribution in [-0.2, 0) is 10.0 Å². The first-order valence-corrected chi connectivity index (χ1v) is 8.29. The molecule has 0 spiro atoms. The second kappa shape index (κ2) is 5.52. The Hall–Kier alpha value is -0.820. The zero-order chi connectivity index (χ0) is 15.1. The lowest BCUT2D eigenvalue weighted by Gasteiger charge is -2.19. The Morgan fingerprint density at radius 3 is 2.70 bits per heavy atom.